The molecule has 0 bridgehead atoms. The van der Waals surface area contributed by atoms with Crippen LogP contribution in [-0.2, 0) is 4.79 Å². The molecule has 0 aliphatic carbocycles. The summed E-state index contributed by atoms with van der Waals surface area (Å²) in [4.78, 5) is 15.5. The predicted molar refractivity (Wildman–Crippen MR) is 74.4 cm³/mol. The fraction of sp³-hybridized carbons (Fsp3) is 0.143. The number of benzene rings is 1. The molecule has 1 aromatic heterocycles. The first-order chi connectivity index (χ1) is 9.13. The number of nitrogens with zero attached hydrogens (tertiary/aromatic N) is 1. The maximum absolute atomic E-state index is 11.6. The van der Waals surface area contributed by atoms with Gasteiger partial charge in [0.1, 0.15) is 11.7 Å². The first-order valence-corrected chi connectivity index (χ1v) is 6.39. The number of halogens is 1. The quantitative estimate of drug-likeness (QED) is 0.940. The smallest absolute Gasteiger partial charge is 0.315 e. The Hall–Kier alpha value is -1.88. The second-order valence-electron chi connectivity index (χ2n) is 3.94. The highest BCUT2D eigenvalue weighted by Gasteiger charge is 2.25. The molecule has 98 valence electrons. The van der Waals surface area contributed by atoms with Crippen molar-refractivity contribution in [3.63, 3.8) is 0 Å². The number of ether oxygens (including phenoxy) is 1. The average molecular weight is 322 g/mol. The van der Waals surface area contributed by atoms with Crippen LogP contribution in [-0.4, -0.2) is 23.2 Å². The number of rotatable bonds is 4. The van der Waals surface area contributed by atoms with Gasteiger partial charge >= 0.3 is 5.97 Å². The van der Waals surface area contributed by atoms with Gasteiger partial charge < -0.3 is 9.84 Å². The molecule has 0 aliphatic rings. The summed E-state index contributed by atoms with van der Waals surface area (Å²) in [5.41, 5.74) is 1.27. The molecule has 4 nitrogen and oxygen atoms in total. The maximum Gasteiger partial charge on any atom is 0.315 e. The molecule has 2 aromatic rings. The standard InChI is InChI=1S/C14H12BrNO3/c1-19-12-3-2-10(15)8-11(12)13(14(17)18)9-4-6-16-7-5-9/h2-8,13H,1H3,(H,17,18). The van der Waals surface area contributed by atoms with E-state index in [0.717, 1.165) is 4.47 Å². The molecular formula is C14H12BrNO3. The van der Waals surface area contributed by atoms with Gasteiger partial charge in [-0.15, -0.1) is 0 Å². The first-order valence-electron chi connectivity index (χ1n) is 5.59. The predicted octanol–water partition coefficient (Wildman–Crippen LogP) is 3.07. The number of hydrogen-bond donors (Lipinski definition) is 1. The Morgan fingerprint density at radius 1 is 1.32 bits per heavy atom. The van der Waals surface area contributed by atoms with Crippen LogP contribution in [0, 0.1) is 0 Å². The molecule has 0 spiro atoms. The minimum Gasteiger partial charge on any atom is -0.496 e. The molecule has 0 amide bonds. The fourth-order valence-electron chi connectivity index (χ4n) is 1.94. The molecule has 1 heterocycles. The van der Waals surface area contributed by atoms with Crippen molar-refractivity contribution < 1.29 is 14.6 Å². The Labute approximate surface area is 119 Å². The number of carbonyl (C=O) groups is 1. The zero-order valence-corrected chi connectivity index (χ0v) is 11.8. The van der Waals surface area contributed by atoms with E-state index in [1.165, 1.54) is 7.11 Å². The second-order valence-corrected chi connectivity index (χ2v) is 4.85. The lowest BCUT2D eigenvalue weighted by Crippen LogP contribution is -2.14. The number of pyridine rings is 1. The van der Waals surface area contributed by atoms with Crippen LogP contribution in [0.25, 0.3) is 0 Å². The molecule has 0 fully saturated rings. The molecule has 1 aromatic carbocycles. The Kier molecular flexibility index (Phi) is 4.16. The van der Waals surface area contributed by atoms with Gasteiger partial charge in [0.25, 0.3) is 0 Å². The zero-order chi connectivity index (χ0) is 13.8. The van der Waals surface area contributed by atoms with Gasteiger partial charge in [-0.05, 0) is 35.9 Å². The number of carboxylic acids is 1. The van der Waals surface area contributed by atoms with E-state index in [9.17, 15) is 9.90 Å². The van der Waals surface area contributed by atoms with Gasteiger partial charge in [-0.25, -0.2) is 0 Å². The van der Waals surface area contributed by atoms with Gasteiger partial charge in [-0.2, -0.15) is 0 Å². The Morgan fingerprint density at radius 2 is 2.00 bits per heavy atom. The molecular weight excluding hydrogens is 310 g/mol. The van der Waals surface area contributed by atoms with Crippen molar-refractivity contribution in [1.29, 1.82) is 0 Å². The summed E-state index contributed by atoms with van der Waals surface area (Å²) < 4.78 is 6.06. The van der Waals surface area contributed by atoms with Crippen LogP contribution in [0.1, 0.15) is 17.0 Å². The lowest BCUT2D eigenvalue weighted by atomic mass is 9.91. The van der Waals surface area contributed by atoms with Crippen molar-refractivity contribution in [2.75, 3.05) is 7.11 Å². The minimum absolute atomic E-state index is 0.549. The van der Waals surface area contributed by atoms with E-state index >= 15 is 0 Å². The normalized spacial score (nSPS) is 11.9. The third-order valence-electron chi connectivity index (χ3n) is 2.79. The highest BCUT2D eigenvalue weighted by Crippen LogP contribution is 2.34. The summed E-state index contributed by atoms with van der Waals surface area (Å²) in [5.74, 6) is -1.16. The monoisotopic (exact) mass is 321 g/mol. The number of hydrogen-bond acceptors (Lipinski definition) is 3. The van der Waals surface area contributed by atoms with Crippen molar-refractivity contribution in [3.05, 3.63) is 58.3 Å². The number of carboxylic acid groups (broad SMARTS) is 1. The summed E-state index contributed by atoms with van der Waals surface area (Å²) >= 11 is 3.35. The van der Waals surface area contributed by atoms with E-state index in [0.29, 0.717) is 16.9 Å². The summed E-state index contributed by atoms with van der Waals surface area (Å²) in [7, 11) is 1.53. The Bertz CT molecular complexity index is 586. The van der Waals surface area contributed by atoms with E-state index in [1.807, 2.05) is 6.07 Å². The lowest BCUT2D eigenvalue weighted by molar-refractivity contribution is -0.137. The number of aromatic nitrogens is 1. The van der Waals surface area contributed by atoms with E-state index in [-0.39, 0.29) is 0 Å². The fourth-order valence-corrected chi connectivity index (χ4v) is 2.32. The maximum atomic E-state index is 11.6. The SMILES string of the molecule is COc1ccc(Br)cc1C(C(=O)O)c1ccncc1. The van der Waals surface area contributed by atoms with Crippen molar-refractivity contribution in [1.82, 2.24) is 4.98 Å². The highest BCUT2D eigenvalue weighted by atomic mass is 79.9. The third kappa shape index (κ3) is 2.93. The summed E-state index contributed by atoms with van der Waals surface area (Å²) in [5, 5.41) is 9.50. The topological polar surface area (TPSA) is 59.4 Å². The molecule has 5 heteroatoms. The molecule has 0 aliphatic heterocycles. The van der Waals surface area contributed by atoms with Gasteiger partial charge in [-0.1, -0.05) is 15.9 Å². The van der Waals surface area contributed by atoms with Crippen LogP contribution in [0.4, 0.5) is 0 Å². The summed E-state index contributed by atoms with van der Waals surface area (Å²) in [6.45, 7) is 0. The van der Waals surface area contributed by atoms with Crippen LogP contribution in [0.2, 0.25) is 0 Å². The molecule has 1 N–H and O–H groups in total. The van der Waals surface area contributed by atoms with Gasteiger partial charge in [0, 0.05) is 22.4 Å². The van der Waals surface area contributed by atoms with Crippen LogP contribution in [0.3, 0.4) is 0 Å². The van der Waals surface area contributed by atoms with Gasteiger partial charge in [-0.3, -0.25) is 9.78 Å². The number of aliphatic carboxylic acids is 1. The average Bonchev–Trinajstić information content (AvgIpc) is 2.40. The highest BCUT2D eigenvalue weighted by molar-refractivity contribution is 9.10. The van der Waals surface area contributed by atoms with Crippen LogP contribution < -0.4 is 4.74 Å². The van der Waals surface area contributed by atoms with Gasteiger partial charge in [0.2, 0.25) is 0 Å². The largest absolute Gasteiger partial charge is 0.496 e. The van der Waals surface area contributed by atoms with Crippen LogP contribution >= 0.6 is 15.9 Å². The summed E-state index contributed by atoms with van der Waals surface area (Å²) in [6, 6.07) is 8.71. The van der Waals surface area contributed by atoms with E-state index in [1.54, 1.807) is 36.7 Å². The molecule has 2 rings (SSSR count). The zero-order valence-electron chi connectivity index (χ0n) is 10.2. The molecule has 0 radical (unpaired) electrons. The minimum atomic E-state index is -0.928. The number of methoxy groups -OCH3 is 1. The first kappa shape index (κ1) is 13.5. The molecule has 19 heavy (non-hydrogen) atoms. The van der Waals surface area contributed by atoms with Crippen LogP contribution in [0.5, 0.6) is 5.75 Å². The molecule has 0 saturated heterocycles. The van der Waals surface area contributed by atoms with E-state index in [2.05, 4.69) is 20.9 Å². The lowest BCUT2D eigenvalue weighted by Gasteiger charge is -2.16. The van der Waals surface area contributed by atoms with E-state index in [4.69, 9.17) is 4.74 Å². The van der Waals surface area contributed by atoms with Gasteiger partial charge in [0.05, 0.1) is 7.11 Å². The van der Waals surface area contributed by atoms with Gasteiger partial charge in [0.15, 0.2) is 0 Å². The van der Waals surface area contributed by atoms with E-state index < -0.39 is 11.9 Å². The summed E-state index contributed by atoms with van der Waals surface area (Å²) in [6.07, 6.45) is 3.16. The Balaban J connectivity index is 2.57. The van der Waals surface area contributed by atoms with Crippen molar-refractivity contribution >= 4 is 21.9 Å². The Morgan fingerprint density at radius 3 is 2.58 bits per heavy atom. The third-order valence-corrected chi connectivity index (χ3v) is 3.28. The molecule has 0 saturated carbocycles. The van der Waals surface area contributed by atoms with Crippen LogP contribution in [0.15, 0.2) is 47.2 Å². The van der Waals surface area contributed by atoms with Crippen molar-refractivity contribution in [2.45, 2.75) is 5.92 Å². The van der Waals surface area contributed by atoms with Crippen molar-refractivity contribution in [2.24, 2.45) is 0 Å². The second kappa shape index (κ2) is 5.84. The molecule has 1 unspecified atom stereocenters. The molecule has 1 atom stereocenters. The van der Waals surface area contributed by atoms with Crippen molar-refractivity contribution in [3.8, 4) is 5.75 Å².